The van der Waals surface area contributed by atoms with Crippen molar-refractivity contribution in [2.75, 3.05) is 54.1 Å². The van der Waals surface area contributed by atoms with Crippen LogP contribution in [0.3, 0.4) is 0 Å². The van der Waals surface area contributed by atoms with Crippen molar-refractivity contribution in [3.63, 3.8) is 0 Å². The van der Waals surface area contributed by atoms with Crippen LogP contribution in [0.25, 0.3) is 0 Å². The van der Waals surface area contributed by atoms with Crippen LogP contribution in [0.2, 0.25) is 0 Å². The van der Waals surface area contributed by atoms with Gasteiger partial charge in [0.05, 0.1) is 17.6 Å². The third-order valence-electron chi connectivity index (χ3n) is 5.89. The summed E-state index contributed by atoms with van der Waals surface area (Å²) >= 11 is 0. The van der Waals surface area contributed by atoms with Gasteiger partial charge in [-0.2, -0.15) is 10.2 Å². The van der Waals surface area contributed by atoms with Gasteiger partial charge < -0.3 is 25.8 Å². The van der Waals surface area contributed by atoms with Crippen LogP contribution in [0, 0.1) is 11.3 Å². The number of anilines is 5. The van der Waals surface area contributed by atoms with Gasteiger partial charge in [0.15, 0.2) is 0 Å². The molecule has 1 aromatic carbocycles. The van der Waals surface area contributed by atoms with Crippen LogP contribution in [-0.2, 0) is 4.79 Å². The number of likely N-dealkylation sites (N-methyl/N-ethyl adjacent to an activating group) is 1. The van der Waals surface area contributed by atoms with Crippen molar-refractivity contribution in [3.05, 3.63) is 42.6 Å². The van der Waals surface area contributed by atoms with Crippen LogP contribution in [0.15, 0.2) is 37.1 Å². The number of hydrogen-bond acceptors (Lipinski definition) is 8. The number of benzene rings is 1. The zero-order chi connectivity index (χ0) is 22.7. The van der Waals surface area contributed by atoms with E-state index in [0.29, 0.717) is 28.7 Å². The summed E-state index contributed by atoms with van der Waals surface area (Å²) in [6.45, 7) is 9.47. The van der Waals surface area contributed by atoms with Gasteiger partial charge >= 0.3 is 0 Å². The minimum atomic E-state index is -0.298. The van der Waals surface area contributed by atoms with Crippen molar-refractivity contribution in [1.29, 1.82) is 5.26 Å². The van der Waals surface area contributed by atoms with Crippen LogP contribution >= 0.6 is 0 Å². The molecule has 9 nitrogen and oxygen atoms in total. The van der Waals surface area contributed by atoms with E-state index >= 15 is 0 Å². The van der Waals surface area contributed by atoms with Gasteiger partial charge in [-0.25, -0.2) is 4.98 Å². The molecular weight excluding hydrogens is 404 g/mol. The Hall–Kier alpha value is -3.64. The standard InChI is InChI=1S/C23H28N8O/c1-4-20(32)26-19-13-17(31-11-9-30(3)10-12-31)5-6-18(19)27-22-25-15-16(14-24)21(28-22)29-23(2)7-8-23/h4-6,13,15H,1,7-12H2,2-3H3,(H,26,32)(H2,25,27,28,29). The lowest BCUT2D eigenvalue weighted by molar-refractivity contribution is -0.111. The predicted octanol–water partition coefficient (Wildman–Crippen LogP) is 2.93. The highest BCUT2D eigenvalue weighted by Crippen LogP contribution is 2.38. The van der Waals surface area contributed by atoms with E-state index in [1.807, 2.05) is 18.2 Å². The molecule has 1 aromatic heterocycles. The van der Waals surface area contributed by atoms with Crippen LogP contribution in [0.5, 0.6) is 0 Å². The van der Waals surface area contributed by atoms with Crippen molar-refractivity contribution in [2.24, 2.45) is 0 Å². The first kappa shape index (κ1) is 21.6. The van der Waals surface area contributed by atoms with E-state index in [0.717, 1.165) is 44.7 Å². The Bertz CT molecular complexity index is 1060. The molecule has 0 bridgehead atoms. The third kappa shape index (κ3) is 4.98. The van der Waals surface area contributed by atoms with Crippen LogP contribution < -0.4 is 20.9 Å². The van der Waals surface area contributed by atoms with Crippen molar-refractivity contribution >= 4 is 34.7 Å². The van der Waals surface area contributed by atoms with Gasteiger partial charge in [-0.3, -0.25) is 4.79 Å². The SMILES string of the molecule is C=CC(=O)Nc1cc(N2CCN(C)CC2)ccc1Nc1ncc(C#N)c(NC2(C)CC2)n1. The number of rotatable bonds is 7. The monoisotopic (exact) mass is 432 g/mol. The highest BCUT2D eigenvalue weighted by Gasteiger charge is 2.38. The highest BCUT2D eigenvalue weighted by atomic mass is 16.1. The van der Waals surface area contributed by atoms with Crippen molar-refractivity contribution in [3.8, 4) is 6.07 Å². The second kappa shape index (κ2) is 8.85. The summed E-state index contributed by atoms with van der Waals surface area (Å²) in [6.07, 6.45) is 4.82. The maximum atomic E-state index is 12.1. The average Bonchev–Trinajstić information content (AvgIpc) is 3.52. The quantitative estimate of drug-likeness (QED) is 0.573. The van der Waals surface area contributed by atoms with Crippen LogP contribution in [0.1, 0.15) is 25.3 Å². The second-order valence-electron chi connectivity index (χ2n) is 8.59. The number of amides is 1. The first-order chi connectivity index (χ1) is 15.4. The molecule has 1 saturated carbocycles. The minimum Gasteiger partial charge on any atom is -0.369 e. The topological polar surface area (TPSA) is 109 Å². The van der Waals surface area contributed by atoms with Crippen molar-refractivity contribution < 1.29 is 4.79 Å². The lowest BCUT2D eigenvalue weighted by Gasteiger charge is -2.34. The molecule has 166 valence electrons. The lowest BCUT2D eigenvalue weighted by Crippen LogP contribution is -2.44. The number of hydrogen-bond donors (Lipinski definition) is 3. The Morgan fingerprint density at radius 2 is 2.00 bits per heavy atom. The van der Waals surface area contributed by atoms with Crippen LogP contribution in [-0.4, -0.2) is 59.5 Å². The summed E-state index contributed by atoms with van der Waals surface area (Å²) < 4.78 is 0. The van der Waals surface area contributed by atoms with Gasteiger partial charge in [0.1, 0.15) is 17.5 Å². The van der Waals surface area contributed by atoms with E-state index in [-0.39, 0.29) is 11.4 Å². The maximum Gasteiger partial charge on any atom is 0.247 e. The number of carbonyl (C=O) groups excluding carboxylic acids is 1. The fourth-order valence-electron chi connectivity index (χ4n) is 3.53. The summed E-state index contributed by atoms with van der Waals surface area (Å²) in [5.41, 5.74) is 2.68. The molecule has 0 atom stereocenters. The molecule has 3 N–H and O–H groups in total. The van der Waals surface area contributed by atoms with Gasteiger partial charge in [-0.15, -0.1) is 0 Å². The first-order valence-electron chi connectivity index (χ1n) is 10.7. The van der Waals surface area contributed by atoms with Gasteiger partial charge in [-0.1, -0.05) is 6.58 Å². The Kier molecular flexibility index (Phi) is 5.97. The molecule has 2 aliphatic rings. The summed E-state index contributed by atoms with van der Waals surface area (Å²) in [6, 6.07) is 8.01. The number of nitriles is 1. The normalized spacial score (nSPS) is 17.2. The fourth-order valence-corrected chi connectivity index (χ4v) is 3.53. The fraction of sp³-hybridized carbons (Fsp3) is 0.391. The molecular formula is C23H28N8O. The largest absolute Gasteiger partial charge is 0.369 e. The maximum absolute atomic E-state index is 12.1. The Morgan fingerprint density at radius 3 is 2.66 bits per heavy atom. The second-order valence-corrected chi connectivity index (χ2v) is 8.59. The number of nitrogens with zero attached hydrogens (tertiary/aromatic N) is 5. The number of aromatic nitrogens is 2. The minimum absolute atomic E-state index is 0.0233. The van der Waals surface area contributed by atoms with E-state index in [2.05, 4.69) is 62.3 Å². The van der Waals surface area contributed by atoms with Gasteiger partial charge in [0.25, 0.3) is 0 Å². The van der Waals surface area contributed by atoms with E-state index in [4.69, 9.17) is 0 Å². The molecule has 0 spiro atoms. The molecule has 9 heteroatoms. The number of nitrogens with one attached hydrogen (secondary N) is 3. The molecule has 0 radical (unpaired) electrons. The summed E-state index contributed by atoms with van der Waals surface area (Å²) in [5.74, 6) is 0.557. The molecule has 1 amide bonds. The zero-order valence-electron chi connectivity index (χ0n) is 18.5. The first-order valence-corrected chi connectivity index (χ1v) is 10.7. The summed E-state index contributed by atoms with van der Waals surface area (Å²) in [5, 5.41) is 18.8. The van der Waals surface area contributed by atoms with Crippen molar-refractivity contribution in [1.82, 2.24) is 14.9 Å². The molecule has 2 fully saturated rings. The summed E-state index contributed by atoms with van der Waals surface area (Å²) in [4.78, 5) is 25.5. The van der Waals surface area contributed by atoms with Gasteiger partial charge in [0, 0.05) is 37.4 Å². The van der Waals surface area contributed by atoms with E-state index in [1.165, 1.54) is 12.3 Å². The van der Waals surface area contributed by atoms with E-state index in [9.17, 15) is 10.1 Å². The van der Waals surface area contributed by atoms with Crippen LogP contribution in [0.4, 0.5) is 28.8 Å². The molecule has 0 unspecified atom stereocenters. The highest BCUT2D eigenvalue weighted by molar-refractivity contribution is 6.01. The van der Waals surface area contributed by atoms with Crippen molar-refractivity contribution in [2.45, 2.75) is 25.3 Å². The van der Waals surface area contributed by atoms with E-state index in [1.54, 1.807) is 0 Å². The molecule has 1 aliphatic carbocycles. The van der Waals surface area contributed by atoms with E-state index < -0.39 is 0 Å². The number of carbonyl (C=O) groups is 1. The van der Waals surface area contributed by atoms with Gasteiger partial charge in [-0.05, 0) is 51.1 Å². The predicted molar refractivity (Wildman–Crippen MR) is 126 cm³/mol. The Balaban J connectivity index is 1.60. The number of piperazine rings is 1. The molecule has 32 heavy (non-hydrogen) atoms. The van der Waals surface area contributed by atoms with Gasteiger partial charge in [0.2, 0.25) is 11.9 Å². The smallest absolute Gasteiger partial charge is 0.247 e. The molecule has 1 saturated heterocycles. The lowest BCUT2D eigenvalue weighted by atomic mass is 10.2. The average molecular weight is 433 g/mol. The third-order valence-corrected chi connectivity index (χ3v) is 5.89. The Morgan fingerprint density at radius 1 is 1.25 bits per heavy atom. The molecule has 4 rings (SSSR count). The molecule has 1 aliphatic heterocycles. The Labute approximate surface area is 188 Å². The molecule has 2 aromatic rings. The molecule has 2 heterocycles. The summed E-state index contributed by atoms with van der Waals surface area (Å²) in [7, 11) is 2.12. The zero-order valence-corrected chi connectivity index (χ0v) is 18.5.